The van der Waals surface area contributed by atoms with Gasteiger partial charge in [-0.05, 0) is 39.0 Å². The molecule has 0 bridgehead atoms. The average Bonchev–Trinajstić information content (AvgIpc) is 2.70. The second-order valence-corrected chi connectivity index (χ2v) is 10.5. The zero-order valence-electron chi connectivity index (χ0n) is 20.4. The van der Waals surface area contributed by atoms with Crippen LogP contribution >= 0.6 is 7.82 Å². The van der Waals surface area contributed by atoms with Crippen molar-refractivity contribution in [3.05, 3.63) is 12.2 Å². The summed E-state index contributed by atoms with van der Waals surface area (Å²) in [7, 11) is 0.241. The molecular weight excluding hydrogens is 397 g/mol. The molecule has 1 unspecified atom stereocenters. The highest BCUT2D eigenvalue weighted by Gasteiger charge is 2.22. The Hall–Kier alpha value is -0.190. The SMILES string of the molecule is CCCCCCCC/C=C\CCCCCCCCOP(=O)(O)OCC[N+](C)(C)CC. The molecule has 0 amide bonds. The van der Waals surface area contributed by atoms with Gasteiger partial charge < -0.3 is 9.38 Å². The number of phosphoric ester groups is 1. The standard InChI is InChI=1S/C24H50NO4P/c1-5-7-8-9-10-11-12-13-14-15-16-17-18-19-20-21-23-28-30(26,27)29-24-22-25(3,4)6-2/h13-14H,5-12,15-24H2,1-4H3/p+1/b14-13-. The van der Waals surface area contributed by atoms with Gasteiger partial charge in [-0.2, -0.15) is 0 Å². The predicted octanol–water partition coefficient (Wildman–Crippen LogP) is 7.25. The minimum absolute atomic E-state index is 0.238. The monoisotopic (exact) mass is 448 g/mol. The van der Waals surface area contributed by atoms with Crippen molar-refractivity contribution in [2.75, 3.05) is 40.4 Å². The number of allylic oxidation sites excluding steroid dienone is 2. The molecule has 0 aromatic heterocycles. The van der Waals surface area contributed by atoms with Crippen LogP contribution < -0.4 is 0 Å². The van der Waals surface area contributed by atoms with Crippen LogP contribution in [0.4, 0.5) is 0 Å². The molecule has 0 aliphatic heterocycles. The highest BCUT2D eigenvalue weighted by Crippen LogP contribution is 2.43. The largest absolute Gasteiger partial charge is 0.472 e. The van der Waals surface area contributed by atoms with Crippen LogP contribution in [0, 0.1) is 0 Å². The first-order valence-corrected chi connectivity index (χ1v) is 13.9. The van der Waals surface area contributed by atoms with Crippen LogP contribution in [0.3, 0.4) is 0 Å². The molecular formula is C24H51NO4P+. The number of unbranched alkanes of at least 4 members (excludes halogenated alkanes) is 12. The van der Waals surface area contributed by atoms with Gasteiger partial charge >= 0.3 is 7.82 Å². The van der Waals surface area contributed by atoms with E-state index >= 15 is 0 Å². The number of rotatable bonds is 22. The number of hydrogen-bond acceptors (Lipinski definition) is 3. The van der Waals surface area contributed by atoms with Crippen molar-refractivity contribution in [2.24, 2.45) is 0 Å². The number of quaternary nitrogens is 1. The average molecular weight is 449 g/mol. The zero-order chi connectivity index (χ0) is 22.6. The lowest BCUT2D eigenvalue weighted by atomic mass is 10.1. The van der Waals surface area contributed by atoms with E-state index in [9.17, 15) is 9.46 Å². The Kier molecular flexibility index (Phi) is 19.4. The number of phosphoric acid groups is 1. The topological polar surface area (TPSA) is 55.8 Å². The summed E-state index contributed by atoms with van der Waals surface area (Å²) in [5, 5.41) is 0. The van der Waals surface area contributed by atoms with Crippen LogP contribution in [0.15, 0.2) is 12.2 Å². The molecule has 1 atom stereocenters. The fourth-order valence-corrected chi connectivity index (χ4v) is 3.87. The molecule has 0 saturated heterocycles. The number of nitrogens with zero attached hydrogens (tertiary/aromatic N) is 1. The number of likely N-dealkylation sites (N-methyl/N-ethyl adjacent to an activating group) is 1. The van der Waals surface area contributed by atoms with E-state index in [1.807, 2.05) is 0 Å². The van der Waals surface area contributed by atoms with Crippen molar-refractivity contribution < 1.29 is 23.0 Å². The molecule has 180 valence electrons. The third-order valence-corrected chi connectivity index (χ3v) is 6.74. The van der Waals surface area contributed by atoms with E-state index in [1.165, 1.54) is 70.6 Å². The second kappa shape index (κ2) is 19.5. The molecule has 0 rings (SSSR count). The van der Waals surface area contributed by atoms with Gasteiger partial charge in [0.15, 0.2) is 0 Å². The smallest absolute Gasteiger partial charge is 0.327 e. The van der Waals surface area contributed by atoms with E-state index in [4.69, 9.17) is 9.05 Å². The summed E-state index contributed by atoms with van der Waals surface area (Å²) >= 11 is 0. The Bertz CT molecular complexity index is 454. The Balaban J connectivity index is 3.41. The lowest BCUT2D eigenvalue weighted by Gasteiger charge is -2.28. The van der Waals surface area contributed by atoms with Gasteiger partial charge in [0.1, 0.15) is 13.2 Å². The number of hydrogen-bond donors (Lipinski definition) is 1. The molecule has 5 nitrogen and oxygen atoms in total. The predicted molar refractivity (Wildman–Crippen MR) is 129 cm³/mol. The van der Waals surface area contributed by atoms with Crippen LogP contribution in [-0.4, -0.2) is 49.8 Å². The van der Waals surface area contributed by atoms with E-state index in [2.05, 4.69) is 40.1 Å². The van der Waals surface area contributed by atoms with Gasteiger partial charge in [0.25, 0.3) is 0 Å². The molecule has 0 saturated carbocycles. The molecule has 0 fully saturated rings. The van der Waals surface area contributed by atoms with Crippen LogP contribution in [0.25, 0.3) is 0 Å². The van der Waals surface area contributed by atoms with E-state index in [0.29, 0.717) is 13.2 Å². The molecule has 30 heavy (non-hydrogen) atoms. The van der Waals surface area contributed by atoms with E-state index < -0.39 is 7.82 Å². The van der Waals surface area contributed by atoms with Crippen molar-refractivity contribution in [3.8, 4) is 0 Å². The highest BCUT2D eigenvalue weighted by atomic mass is 31.2. The lowest BCUT2D eigenvalue weighted by Crippen LogP contribution is -2.41. The molecule has 0 aromatic carbocycles. The van der Waals surface area contributed by atoms with Crippen LogP contribution in [0.5, 0.6) is 0 Å². The zero-order valence-corrected chi connectivity index (χ0v) is 21.3. The fraction of sp³-hybridized carbons (Fsp3) is 0.917. The third-order valence-electron chi connectivity index (χ3n) is 5.72. The molecule has 6 heteroatoms. The Labute approximate surface area is 187 Å². The summed E-state index contributed by atoms with van der Waals surface area (Å²) in [6, 6.07) is 0. The summed E-state index contributed by atoms with van der Waals surface area (Å²) in [4.78, 5) is 9.71. The van der Waals surface area contributed by atoms with E-state index in [0.717, 1.165) is 30.3 Å². The van der Waals surface area contributed by atoms with Crippen molar-refractivity contribution >= 4 is 7.82 Å². The first-order chi connectivity index (χ1) is 14.3. The van der Waals surface area contributed by atoms with Gasteiger partial charge in [-0.25, -0.2) is 4.57 Å². The maximum Gasteiger partial charge on any atom is 0.472 e. The third kappa shape index (κ3) is 21.1. The van der Waals surface area contributed by atoms with Crippen LogP contribution in [0.1, 0.15) is 104 Å². The molecule has 0 spiro atoms. The van der Waals surface area contributed by atoms with Crippen molar-refractivity contribution in [3.63, 3.8) is 0 Å². The van der Waals surface area contributed by atoms with E-state index in [1.54, 1.807) is 0 Å². The Morgan fingerprint density at radius 1 is 0.733 bits per heavy atom. The summed E-state index contributed by atoms with van der Waals surface area (Å²) in [6.07, 6.45) is 22.1. The van der Waals surface area contributed by atoms with Crippen molar-refractivity contribution in [2.45, 2.75) is 104 Å². The van der Waals surface area contributed by atoms with Crippen molar-refractivity contribution in [1.29, 1.82) is 0 Å². The first kappa shape index (κ1) is 29.8. The van der Waals surface area contributed by atoms with Gasteiger partial charge in [0.2, 0.25) is 0 Å². The molecule has 1 N–H and O–H groups in total. The van der Waals surface area contributed by atoms with Gasteiger partial charge in [-0.1, -0.05) is 76.9 Å². The molecule has 0 radical (unpaired) electrons. The van der Waals surface area contributed by atoms with Gasteiger partial charge in [0.05, 0.1) is 27.2 Å². The van der Waals surface area contributed by atoms with Gasteiger partial charge in [-0.3, -0.25) is 9.05 Å². The maximum atomic E-state index is 11.8. The van der Waals surface area contributed by atoms with Gasteiger partial charge in [-0.15, -0.1) is 0 Å². The quantitative estimate of drug-likeness (QED) is 0.0820. The fourth-order valence-electron chi connectivity index (χ4n) is 3.13. The maximum absolute atomic E-state index is 11.8. The molecule has 0 aliphatic rings. The Morgan fingerprint density at radius 2 is 1.20 bits per heavy atom. The normalized spacial score (nSPS) is 14.4. The second-order valence-electron chi connectivity index (χ2n) is 9.05. The minimum atomic E-state index is -3.90. The lowest BCUT2D eigenvalue weighted by molar-refractivity contribution is -0.888. The summed E-state index contributed by atoms with van der Waals surface area (Å²) in [5.74, 6) is 0. The summed E-state index contributed by atoms with van der Waals surface area (Å²) in [6.45, 7) is 6.53. The van der Waals surface area contributed by atoms with Crippen LogP contribution in [-0.2, 0) is 13.6 Å². The van der Waals surface area contributed by atoms with Gasteiger partial charge in [0, 0.05) is 0 Å². The highest BCUT2D eigenvalue weighted by molar-refractivity contribution is 7.47. The van der Waals surface area contributed by atoms with Crippen LogP contribution in [0.2, 0.25) is 0 Å². The van der Waals surface area contributed by atoms with Crippen molar-refractivity contribution in [1.82, 2.24) is 0 Å². The van der Waals surface area contributed by atoms with E-state index in [-0.39, 0.29) is 6.61 Å². The minimum Gasteiger partial charge on any atom is -0.327 e. The molecule has 0 aromatic rings. The molecule has 0 aliphatic carbocycles. The first-order valence-electron chi connectivity index (χ1n) is 12.4. The summed E-state index contributed by atoms with van der Waals surface area (Å²) < 4.78 is 22.7. The summed E-state index contributed by atoms with van der Waals surface area (Å²) in [5.41, 5.74) is 0. The molecule has 0 heterocycles. The Morgan fingerprint density at radius 3 is 1.73 bits per heavy atom.